The smallest absolute Gasteiger partial charge is 0.224 e. The standard InChI is InChI=1S/C13H21N3O2/c17-10-12-4-2-1-3-7-16(12)13(18)5-8-15-9-6-14-11-15/h6,9,11-12,17H,1-5,7-8,10H2. The van der Waals surface area contributed by atoms with Gasteiger partial charge in [0.1, 0.15) is 0 Å². The van der Waals surface area contributed by atoms with Crippen molar-refractivity contribution in [2.75, 3.05) is 13.2 Å². The molecule has 1 aliphatic heterocycles. The second-order valence-electron chi connectivity index (χ2n) is 4.82. The minimum atomic E-state index is 0.0165. The van der Waals surface area contributed by atoms with Crippen molar-refractivity contribution >= 4 is 5.91 Å². The molecule has 1 unspecified atom stereocenters. The highest BCUT2D eigenvalue weighted by Gasteiger charge is 2.24. The Morgan fingerprint density at radius 2 is 2.28 bits per heavy atom. The first-order valence-electron chi connectivity index (χ1n) is 6.67. The van der Waals surface area contributed by atoms with Crippen molar-refractivity contribution < 1.29 is 9.90 Å². The number of amides is 1. The topological polar surface area (TPSA) is 58.4 Å². The van der Waals surface area contributed by atoms with Gasteiger partial charge in [-0.1, -0.05) is 12.8 Å². The van der Waals surface area contributed by atoms with Crippen LogP contribution >= 0.6 is 0 Å². The number of rotatable bonds is 4. The minimum absolute atomic E-state index is 0.0165. The fourth-order valence-electron chi connectivity index (χ4n) is 2.48. The van der Waals surface area contributed by atoms with Gasteiger partial charge in [0.25, 0.3) is 0 Å². The van der Waals surface area contributed by atoms with Gasteiger partial charge in [-0.2, -0.15) is 0 Å². The van der Waals surface area contributed by atoms with E-state index in [9.17, 15) is 9.90 Å². The molecule has 0 aliphatic carbocycles. The predicted molar refractivity (Wildman–Crippen MR) is 67.9 cm³/mol. The molecule has 100 valence electrons. The summed E-state index contributed by atoms with van der Waals surface area (Å²) in [7, 11) is 0. The molecule has 5 nitrogen and oxygen atoms in total. The largest absolute Gasteiger partial charge is 0.394 e. The van der Waals surface area contributed by atoms with Crippen molar-refractivity contribution in [3.63, 3.8) is 0 Å². The number of aliphatic hydroxyl groups excluding tert-OH is 1. The molecule has 18 heavy (non-hydrogen) atoms. The number of aryl methyl sites for hydroxylation is 1. The maximum Gasteiger partial charge on any atom is 0.224 e. The van der Waals surface area contributed by atoms with E-state index in [4.69, 9.17) is 0 Å². The van der Waals surface area contributed by atoms with Crippen LogP contribution in [-0.4, -0.2) is 44.7 Å². The first kappa shape index (κ1) is 13.1. The molecule has 1 saturated heterocycles. The van der Waals surface area contributed by atoms with Crippen molar-refractivity contribution in [3.05, 3.63) is 18.7 Å². The number of nitrogens with zero attached hydrogens (tertiary/aromatic N) is 3. The fraction of sp³-hybridized carbons (Fsp3) is 0.692. The molecule has 0 aromatic carbocycles. The van der Waals surface area contributed by atoms with E-state index in [0.717, 1.165) is 32.2 Å². The van der Waals surface area contributed by atoms with Crippen molar-refractivity contribution in [2.45, 2.75) is 44.7 Å². The Morgan fingerprint density at radius 3 is 3.00 bits per heavy atom. The van der Waals surface area contributed by atoms with Gasteiger partial charge >= 0.3 is 0 Å². The van der Waals surface area contributed by atoms with Crippen molar-refractivity contribution in [3.8, 4) is 0 Å². The third-order valence-corrected chi connectivity index (χ3v) is 3.55. The molecule has 5 heteroatoms. The number of hydrogen-bond donors (Lipinski definition) is 1. The van der Waals surface area contributed by atoms with Gasteiger partial charge in [0, 0.05) is 31.9 Å². The molecule has 0 radical (unpaired) electrons. The zero-order chi connectivity index (χ0) is 12.8. The molecule has 1 atom stereocenters. The van der Waals surface area contributed by atoms with Gasteiger partial charge < -0.3 is 14.6 Å². The molecule has 1 N–H and O–H groups in total. The van der Waals surface area contributed by atoms with Crippen LogP contribution in [-0.2, 0) is 11.3 Å². The van der Waals surface area contributed by atoms with Gasteiger partial charge in [-0.15, -0.1) is 0 Å². The third-order valence-electron chi connectivity index (χ3n) is 3.55. The third kappa shape index (κ3) is 3.32. The lowest BCUT2D eigenvalue weighted by Crippen LogP contribution is -2.42. The van der Waals surface area contributed by atoms with E-state index in [1.807, 2.05) is 15.7 Å². The monoisotopic (exact) mass is 251 g/mol. The van der Waals surface area contributed by atoms with Gasteiger partial charge in [0.15, 0.2) is 0 Å². The lowest BCUT2D eigenvalue weighted by Gasteiger charge is -2.28. The van der Waals surface area contributed by atoms with Gasteiger partial charge in [0.05, 0.1) is 19.0 Å². The first-order chi connectivity index (χ1) is 8.81. The normalized spacial score (nSPS) is 20.7. The van der Waals surface area contributed by atoms with E-state index >= 15 is 0 Å². The van der Waals surface area contributed by atoms with Crippen LogP contribution in [0.4, 0.5) is 0 Å². The number of aromatic nitrogens is 2. The van der Waals surface area contributed by atoms with Gasteiger partial charge in [0.2, 0.25) is 5.91 Å². The summed E-state index contributed by atoms with van der Waals surface area (Å²) in [5, 5.41) is 9.38. The van der Waals surface area contributed by atoms with E-state index in [1.165, 1.54) is 0 Å². The van der Waals surface area contributed by atoms with Crippen LogP contribution in [0, 0.1) is 0 Å². The molecule has 1 fully saturated rings. The Labute approximate surface area is 107 Å². The van der Waals surface area contributed by atoms with Crippen molar-refractivity contribution in [1.29, 1.82) is 0 Å². The van der Waals surface area contributed by atoms with E-state index in [1.54, 1.807) is 12.5 Å². The summed E-state index contributed by atoms with van der Waals surface area (Å²) in [6, 6.07) is 0.0165. The summed E-state index contributed by atoms with van der Waals surface area (Å²) in [6.07, 6.45) is 10.0. The second kappa shape index (κ2) is 6.54. The zero-order valence-corrected chi connectivity index (χ0v) is 10.7. The van der Waals surface area contributed by atoms with E-state index in [0.29, 0.717) is 13.0 Å². The van der Waals surface area contributed by atoms with Crippen LogP contribution in [0.3, 0.4) is 0 Å². The first-order valence-corrected chi connectivity index (χ1v) is 6.67. The second-order valence-corrected chi connectivity index (χ2v) is 4.82. The van der Waals surface area contributed by atoms with E-state index in [2.05, 4.69) is 4.98 Å². The molecule has 1 aromatic heterocycles. The Kier molecular flexibility index (Phi) is 4.75. The molecule has 2 heterocycles. The van der Waals surface area contributed by atoms with Gasteiger partial charge in [-0.25, -0.2) is 4.98 Å². The number of hydrogen-bond acceptors (Lipinski definition) is 3. The van der Waals surface area contributed by atoms with E-state index < -0.39 is 0 Å². The highest BCUT2D eigenvalue weighted by atomic mass is 16.3. The highest BCUT2D eigenvalue weighted by Crippen LogP contribution is 2.17. The summed E-state index contributed by atoms with van der Waals surface area (Å²) in [6.45, 7) is 1.53. The number of likely N-dealkylation sites (tertiary alicyclic amines) is 1. The Balaban J connectivity index is 1.89. The Bertz CT molecular complexity index is 364. The minimum Gasteiger partial charge on any atom is -0.394 e. The van der Waals surface area contributed by atoms with Crippen LogP contribution in [0.2, 0.25) is 0 Å². The maximum absolute atomic E-state index is 12.2. The number of aliphatic hydroxyl groups is 1. The maximum atomic E-state index is 12.2. The number of imidazole rings is 1. The van der Waals surface area contributed by atoms with Crippen molar-refractivity contribution in [2.24, 2.45) is 0 Å². The zero-order valence-electron chi connectivity index (χ0n) is 10.7. The molecule has 1 aliphatic rings. The Morgan fingerprint density at radius 1 is 1.39 bits per heavy atom. The highest BCUT2D eigenvalue weighted by molar-refractivity contribution is 5.76. The molecular formula is C13H21N3O2. The average molecular weight is 251 g/mol. The molecule has 1 amide bonds. The van der Waals surface area contributed by atoms with Gasteiger partial charge in [-0.3, -0.25) is 4.79 Å². The summed E-state index contributed by atoms with van der Waals surface area (Å²) in [5.74, 6) is 0.143. The molecular weight excluding hydrogens is 230 g/mol. The summed E-state index contributed by atoms with van der Waals surface area (Å²) >= 11 is 0. The van der Waals surface area contributed by atoms with Crippen LogP contribution in [0.1, 0.15) is 32.1 Å². The SMILES string of the molecule is O=C(CCn1ccnc1)N1CCCCCC1CO. The van der Waals surface area contributed by atoms with Crippen molar-refractivity contribution in [1.82, 2.24) is 14.5 Å². The fourth-order valence-corrected chi connectivity index (χ4v) is 2.48. The molecule has 2 rings (SSSR count). The molecule has 0 spiro atoms. The lowest BCUT2D eigenvalue weighted by atomic mass is 10.1. The molecule has 1 aromatic rings. The van der Waals surface area contributed by atoms with Crippen LogP contribution in [0.15, 0.2) is 18.7 Å². The van der Waals surface area contributed by atoms with Gasteiger partial charge in [-0.05, 0) is 12.8 Å². The Hall–Kier alpha value is -1.36. The average Bonchev–Trinajstić information content (AvgIpc) is 2.79. The number of carbonyl (C=O) groups excluding carboxylic acids is 1. The number of carbonyl (C=O) groups is 1. The van der Waals surface area contributed by atoms with Crippen LogP contribution in [0.5, 0.6) is 0 Å². The summed E-state index contributed by atoms with van der Waals surface area (Å²) < 4.78 is 1.91. The molecule has 0 saturated carbocycles. The summed E-state index contributed by atoms with van der Waals surface area (Å²) in [5.41, 5.74) is 0. The lowest BCUT2D eigenvalue weighted by molar-refractivity contribution is -0.134. The van der Waals surface area contributed by atoms with Crippen LogP contribution in [0.25, 0.3) is 0 Å². The predicted octanol–water partition coefficient (Wildman–Crippen LogP) is 1.04. The van der Waals surface area contributed by atoms with E-state index in [-0.39, 0.29) is 18.6 Å². The van der Waals surface area contributed by atoms with Crippen LogP contribution < -0.4 is 0 Å². The quantitative estimate of drug-likeness (QED) is 0.869. The molecule has 0 bridgehead atoms. The summed E-state index contributed by atoms with van der Waals surface area (Å²) in [4.78, 5) is 18.0.